The van der Waals surface area contributed by atoms with Gasteiger partial charge in [-0.1, -0.05) is 13.8 Å². The third-order valence-electron chi connectivity index (χ3n) is 4.95. The molecule has 2 aromatic rings. The minimum atomic E-state index is -0.989. The van der Waals surface area contributed by atoms with E-state index in [2.05, 4.69) is 15.6 Å². The minimum absolute atomic E-state index is 0.120. The van der Waals surface area contributed by atoms with Gasteiger partial charge in [-0.05, 0) is 37.0 Å². The highest BCUT2D eigenvalue weighted by molar-refractivity contribution is 5.97. The van der Waals surface area contributed by atoms with Crippen molar-refractivity contribution in [2.75, 3.05) is 13.7 Å². The molecule has 2 amide bonds. The van der Waals surface area contributed by atoms with Gasteiger partial charge in [-0.15, -0.1) is 0 Å². The summed E-state index contributed by atoms with van der Waals surface area (Å²) in [6, 6.07) is 2.81. The highest BCUT2D eigenvalue weighted by atomic mass is 19.2. The van der Waals surface area contributed by atoms with Crippen LogP contribution >= 0.6 is 0 Å². The lowest BCUT2D eigenvalue weighted by molar-refractivity contribution is -0.122. The van der Waals surface area contributed by atoms with E-state index in [1.807, 2.05) is 13.8 Å². The van der Waals surface area contributed by atoms with Gasteiger partial charge in [-0.3, -0.25) is 9.59 Å². The smallest absolute Gasteiger partial charge is 0.272 e. The van der Waals surface area contributed by atoms with Gasteiger partial charge in [0.1, 0.15) is 11.9 Å². The standard InChI is InChI=1S/C21H26F2N4O3/c1-12(2)9-16(20(28)24-3)25-21(29)18-17-11-30-8-4-7-27(17)19(26-18)13-5-6-14(22)15(23)10-13/h5-6,10,12,16H,4,7-9,11H2,1-3H3,(H,24,28)(H,25,29)/t16-/m0/s1. The zero-order chi connectivity index (χ0) is 21.8. The summed E-state index contributed by atoms with van der Waals surface area (Å²) in [5, 5.41) is 5.32. The number of amides is 2. The van der Waals surface area contributed by atoms with Gasteiger partial charge in [-0.2, -0.15) is 0 Å². The van der Waals surface area contributed by atoms with Gasteiger partial charge in [0.2, 0.25) is 5.91 Å². The molecule has 2 N–H and O–H groups in total. The average molecular weight is 420 g/mol. The van der Waals surface area contributed by atoms with Gasteiger partial charge in [0, 0.05) is 25.8 Å². The third kappa shape index (κ3) is 4.67. The number of nitrogens with zero attached hydrogens (tertiary/aromatic N) is 2. The lowest BCUT2D eigenvalue weighted by atomic mass is 10.0. The molecule has 1 aromatic carbocycles. The van der Waals surface area contributed by atoms with Crippen molar-refractivity contribution < 1.29 is 23.1 Å². The summed E-state index contributed by atoms with van der Waals surface area (Å²) in [5.41, 5.74) is 1.03. The fraction of sp³-hybridized carbons (Fsp3) is 0.476. The second kappa shape index (κ2) is 9.34. The summed E-state index contributed by atoms with van der Waals surface area (Å²) >= 11 is 0. The Kier molecular flexibility index (Phi) is 6.81. The van der Waals surface area contributed by atoms with Crippen LogP contribution in [0.2, 0.25) is 0 Å². The molecule has 1 aromatic heterocycles. The fourth-order valence-electron chi connectivity index (χ4n) is 3.51. The highest BCUT2D eigenvalue weighted by Crippen LogP contribution is 2.27. The molecular weight excluding hydrogens is 394 g/mol. The number of benzene rings is 1. The summed E-state index contributed by atoms with van der Waals surface area (Å²) in [5.74, 6) is -2.19. The predicted octanol–water partition coefficient (Wildman–Crippen LogP) is 2.64. The van der Waals surface area contributed by atoms with Crippen LogP contribution in [0.5, 0.6) is 0 Å². The molecular formula is C21H26F2N4O3. The van der Waals surface area contributed by atoms with E-state index in [0.717, 1.165) is 12.1 Å². The van der Waals surface area contributed by atoms with Crippen LogP contribution < -0.4 is 10.6 Å². The summed E-state index contributed by atoms with van der Waals surface area (Å²) in [7, 11) is 1.51. The molecule has 0 fully saturated rings. The first-order valence-corrected chi connectivity index (χ1v) is 9.96. The van der Waals surface area contributed by atoms with Gasteiger partial charge in [0.15, 0.2) is 17.3 Å². The summed E-state index contributed by atoms with van der Waals surface area (Å²) in [4.78, 5) is 29.7. The van der Waals surface area contributed by atoms with Crippen LogP contribution in [0, 0.1) is 17.6 Å². The first-order chi connectivity index (χ1) is 14.3. The first kappa shape index (κ1) is 21.9. The number of carbonyl (C=O) groups excluding carboxylic acids is 2. The Hall–Kier alpha value is -2.81. The van der Waals surface area contributed by atoms with E-state index in [4.69, 9.17) is 4.74 Å². The molecule has 0 saturated carbocycles. The van der Waals surface area contributed by atoms with Crippen molar-refractivity contribution >= 4 is 11.8 Å². The monoisotopic (exact) mass is 420 g/mol. The summed E-state index contributed by atoms with van der Waals surface area (Å²) < 4.78 is 34.6. The largest absolute Gasteiger partial charge is 0.375 e. The van der Waals surface area contributed by atoms with Crippen LogP contribution in [0.4, 0.5) is 8.78 Å². The predicted molar refractivity (Wildman–Crippen MR) is 107 cm³/mol. The Morgan fingerprint density at radius 3 is 2.70 bits per heavy atom. The Balaban J connectivity index is 1.99. The number of aromatic nitrogens is 2. The molecule has 1 atom stereocenters. The van der Waals surface area contributed by atoms with Crippen molar-refractivity contribution in [3.8, 4) is 11.4 Å². The number of rotatable bonds is 6. The Labute approximate surface area is 173 Å². The number of imidazole rings is 1. The van der Waals surface area contributed by atoms with Gasteiger partial charge >= 0.3 is 0 Å². The maximum atomic E-state index is 13.8. The SMILES string of the molecule is CNC(=O)[C@H](CC(C)C)NC(=O)c1nc(-c2ccc(F)c(F)c2)n2c1COCCC2. The quantitative estimate of drug-likeness (QED) is 0.753. The van der Waals surface area contributed by atoms with Gasteiger partial charge in [-0.25, -0.2) is 13.8 Å². The van der Waals surface area contributed by atoms with Crippen molar-refractivity contribution in [3.63, 3.8) is 0 Å². The molecule has 0 radical (unpaired) electrons. The number of carbonyl (C=O) groups is 2. The van der Waals surface area contributed by atoms with E-state index in [0.29, 0.717) is 43.1 Å². The van der Waals surface area contributed by atoms with E-state index in [1.54, 1.807) is 4.57 Å². The van der Waals surface area contributed by atoms with Crippen LogP contribution in [-0.4, -0.2) is 41.1 Å². The molecule has 0 bridgehead atoms. The lowest BCUT2D eigenvalue weighted by Crippen LogP contribution is -2.46. The second-order valence-corrected chi connectivity index (χ2v) is 7.69. The molecule has 30 heavy (non-hydrogen) atoms. The molecule has 0 unspecified atom stereocenters. The number of fused-ring (bicyclic) bond motifs is 1. The van der Waals surface area contributed by atoms with E-state index >= 15 is 0 Å². The maximum Gasteiger partial charge on any atom is 0.272 e. The summed E-state index contributed by atoms with van der Waals surface area (Å²) in [6.45, 7) is 5.11. The molecule has 3 rings (SSSR count). The molecule has 0 saturated heterocycles. The van der Waals surface area contributed by atoms with Crippen LogP contribution in [0.1, 0.15) is 42.9 Å². The van der Waals surface area contributed by atoms with Crippen LogP contribution in [-0.2, 0) is 22.7 Å². The second-order valence-electron chi connectivity index (χ2n) is 7.69. The molecule has 1 aliphatic heterocycles. The fourth-order valence-corrected chi connectivity index (χ4v) is 3.51. The zero-order valence-electron chi connectivity index (χ0n) is 17.3. The van der Waals surface area contributed by atoms with Crippen molar-refractivity contribution in [1.82, 2.24) is 20.2 Å². The average Bonchev–Trinajstić information content (AvgIpc) is 2.89. The van der Waals surface area contributed by atoms with Crippen molar-refractivity contribution in [3.05, 3.63) is 41.2 Å². The van der Waals surface area contributed by atoms with Gasteiger partial charge < -0.3 is 19.9 Å². The van der Waals surface area contributed by atoms with Crippen LogP contribution in [0.3, 0.4) is 0 Å². The molecule has 0 aliphatic carbocycles. The lowest BCUT2D eigenvalue weighted by Gasteiger charge is -2.19. The molecule has 162 valence electrons. The number of likely N-dealkylation sites (N-methyl/N-ethyl adjacent to an activating group) is 1. The minimum Gasteiger partial charge on any atom is -0.375 e. The van der Waals surface area contributed by atoms with E-state index in [1.165, 1.54) is 13.1 Å². The maximum absolute atomic E-state index is 13.8. The number of hydrogen-bond donors (Lipinski definition) is 2. The highest BCUT2D eigenvalue weighted by Gasteiger charge is 2.28. The normalized spacial score (nSPS) is 14.7. The van der Waals surface area contributed by atoms with Crippen molar-refractivity contribution in [2.24, 2.45) is 5.92 Å². The Morgan fingerprint density at radius 1 is 1.27 bits per heavy atom. The molecule has 7 nitrogen and oxygen atoms in total. The van der Waals surface area contributed by atoms with Gasteiger partial charge in [0.25, 0.3) is 5.91 Å². The third-order valence-corrected chi connectivity index (χ3v) is 4.95. The number of ether oxygens (including phenoxy) is 1. The number of nitrogens with one attached hydrogen (secondary N) is 2. The molecule has 1 aliphatic rings. The molecule has 2 heterocycles. The van der Waals surface area contributed by atoms with Crippen molar-refractivity contribution in [2.45, 2.75) is 45.9 Å². The van der Waals surface area contributed by atoms with Crippen LogP contribution in [0.25, 0.3) is 11.4 Å². The van der Waals surface area contributed by atoms with Crippen molar-refractivity contribution in [1.29, 1.82) is 0 Å². The number of halogens is 2. The Bertz CT molecular complexity index is 943. The Morgan fingerprint density at radius 2 is 2.03 bits per heavy atom. The molecule has 0 spiro atoms. The van der Waals surface area contributed by atoms with E-state index in [-0.39, 0.29) is 24.1 Å². The van der Waals surface area contributed by atoms with E-state index in [9.17, 15) is 18.4 Å². The molecule has 9 heteroatoms. The van der Waals surface area contributed by atoms with Crippen LogP contribution in [0.15, 0.2) is 18.2 Å². The van der Waals surface area contributed by atoms with Gasteiger partial charge in [0.05, 0.1) is 12.3 Å². The van der Waals surface area contributed by atoms with E-state index < -0.39 is 23.6 Å². The summed E-state index contributed by atoms with van der Waals surface area (Å²) in [6.07, 6.45) is 1.16. The topological polar surface area (TPSA) is 85.3 Å². The first-order valence-electron chi connectivity index (χ1n) is 9.96. The number of hydrogen-bond acceptors (Lipinski definition) is 4. The zero-order valence-corrected chi connectivity index (χ0v) is 17.3.